The summed E-state index contributed by atoms with van der Waals surface area (Å²) >= 11 is 0. The van der Waals surface area contributed by atoms with Crippen LogP contribution < -0.4 is 4.74 Å². The molecule has 4 nitrogen and oxygen atoms in total. The first-order valence-corrected chi connectivity index (χ1v) is 11.2. The summed E-state index contributed by atoms with van der Waals surface area (Å²) in [6, 6.07) is 20.8. The summed E-state index contributed by atoms with van der Waals surface area (Å²) in [7, 11) is 0. The average molecular weight is 431 g/mol. The van der Waals surface area contributed by atoms with E-state index >= 15 is 0 Å². The van der Waals surface area contributed by atoms with Crippen LogP contribution in [0.1, 0.15) is 47.1 Å². The number of carboxylic acids is 1. The maximum Gasteiger partial charge on any atom is 0.333 e. The molecule has 1 aliphatic carbocycles. The Balaban J connectivity index is 1.43. The van der Waals surface area contributed by atoms with Crippen LogP contribution in [0, 0.1) is 13.8 Å². The molecule has 0 spiro atoms. The highest BCUT2D eigenvalue weighted by atomic mass is 16.5. The molecule has 0 amide bonds. The van der Waals surface area contributed by atoms with Crippen LogP contribution in [-0.4, -0.2) is 30.4 Å². The third kappa shape index (κ3) is 4.42. The lowest BCUT2D eigenvalue weighted by molar-refractivity contribution is -0.149. The van der Waals surface area contributed by atoms with E-state index in [9.17, 15) is 9.90 Å². The molecular formula is C28H30O4. The number of fused-ring (bicyclic) bond motifs is 3. The van der Waals surface area contributed by atoms with Crippen molar-refractivity contribution >= 4 is 5.97 Å². The van der Waals surface area contributed by atoms with Crippen LogP contribution >= 0.6 is 0 Å². The average Bonchev–Trinajstić information content (AvgIpc) is 3.11. The second-order valence-electron chi connectivity index (χ2n) is 8.40. The Labute approximate surface area is 189 Å². The molecule has 166 valence electrons. The Bertz CT molecular complexity index is 1050. The van der Waals surface area contributed by atoms with E-state index in [0.717, 1.165) is 17.7 Å². The topological polar surface area (TPSA) is 55.8 Å². The SMILES string of the molecule is CCOC(Cc1ccc(OCCC2c3cccc(C)c3-c3c(C)cccc32)cc1)C(=O)O. The fourth-order valence-corrected chi connectivity index (χ4v) is 4.77. The van der Waals surface area contributed by atoms with Gasteiger partial charge in [-0.3, -0.25) is 0 Å². The summed E-state index contributed by atoms with van der Waals surface area (Å²) in [5.74, 6) is 0.195. The first-order valence-electron chi connectivity index (χ1n) is 11.2. The lowest BCUT2D eigenvalue weighted by Gasteiger charge is -2.15. The number of carboxylic acid groups (broad SMARTS) is 1. The van der Waals surface area contributed by atoms with E-state index in [0.29, 0.717) is 25.6 Å². The second kappa shape index (κ2) is 9.58. The maximum atomic E-state index is 11.3. The molecule has 0 aliphatic heterocycles. The molecule has 0 bridgehead atoms. The van der Waals surface area contributed by atoms with Gasteiger partial charge in [-0.2, -0.15) is 0 Å². The molecule has 3 aromatic rings. The number of benzene rings is 3. The number of hydrogen-bond donors (Lipinski definition) is 1. The number of rotatable bonds is 9. The molecule has 0 aromatic heterocycles. The highest BCUT2D eigenvalue weighted by molar-refractivity contribution is 5.83. The van der Waals surface area contributed by atoms with Crippen LogP contribution in [0.3, 0.4) is 0 Å². The monoisotopic (exact) mass is 430 g/mol. The van der Waals surface area contributed by atoms with Gasteiger partial charge < -0.3 is 14.6 Å². The van der Waals surface area contributed by atoms with Gasteiger partial charge in [0.25, 0.3) is 0 Å². The third-order valence-corrected chi connectivity index (χ3v) is 6.27. The van der Waals surface area contributed by atoms with Gasteiger partial charge in [-0.05, 0) is 78.3 Å². The van der Waals surface area contributed by atoms with Gasteiger partial charge in [-0.25, -0.2) is 4.79 Å². The number of hydrogen-bond acceptors (Lipinski definition) is 3. The molecule has 1 unspecified atom stereocenters. The van der Waals surface area contributed by atoms with E-state index in [1.54, 1.807) is 6.92 Å². The second-order valence-corrected chi connectivity index (χ2v) is 8.40. The molecule has 3 aromatic carbocycles. The predicted octanol–water partition coefficient (Wildman–Crippen LogP) is 5.92. The van der Waals surface area contributed by atoms with Gasteiger partial charge in [0.1, 0.15) is 5.75 Å². The Morgan fingerprint density at radius 3 is 2.06 bits per heavy atom. The van der Waals surface area contributed by atoms with Crippen molar-refractivity contribution in [1.29, 1.82) is 0 Å². The fourth-order valence-electron chi connectivity index (χ4n) is 4.77. The minimum Gasteiger partial charge on any atom is -0.494 e. The fraction of sp³-hybridized carbons (Fsp3) is 0.321. The number of aliphatic carboxylic acids is 1. The van der Waals surface area contributed by atoms with Crippen molar-refractivity contribution in [2.45, 2.75) is 45.6 Å². The van der Waals surface area contributed by atoms with Crippen LogP contribution in [0.5, 0.6) is 5.75 Å². The van der Waals surface area contributed by atoms with Crippen molar-refractivity contribution in [3.05, 3.63) is 88.5 Å². The molecule has 1 N–H and O–H groups in total. The smallest absolute Gasteiger partial charge is 0.333 e. The van der Waals surface area contributed by atoms with E-state index in [-0.39, 0.29) is 0 Å². The molecule has 1 atom stereocenters. The predicted molar refractivity (Wildman–Crippen MR) is 127 cm³/mol. The van der Waals surface area contributed by atoms with Crippen LogP contribution in [0.25, 0.3) is 11.1 Å². The Morgan fingerprint density at radius 2 is 1.53 bits per heavy atom. The lowest BCUT2D eigenvalue weighted by Crippen LogP contribution is -2.26. The van der Waals surface area contributed by atoms with E-state index in [4.69, 9.17) is 9.47 Å². The first-order chi connectivity index (χ1) is 15.5. The molecular weight excluding hydrogens is 400 g/mol. The van der Waals surface area contributed by atoms with Crippen molar-refractivity contribution in [2.24, 2.45) is 0 Å². The van der Waals surface area contributed by atoms with E-state index in [1.807, 2.05) is 24.3 Å². The molecule has 0 fully saturated rings. The molecule has 0 saturated carbocycles. The Morgan fingerprint density at radius 1 is 0.938 bits per heavy atom. The minimum absolute atomic E-state index is 0.335. The van der Waals surface area contributed by atoms with Gasteiger partial charge in [0.05, 0.1) is 6.61 Å². The first kappa shape index (κ1) is 22.1. The highest BCUT2D eigenvalue weighted by Crippen LogP contribution is 2.49. The number of aryl methyl sites for hydroxylation is 2. The van der Waals surface area contributed by atoms with Crippen LogP contribution in [-0.2, 0) is 16.0 Å². The van der Waals surface area contributed by atoms with Crippen LogP contribution in [0.15, 0.2) is 60.7 Å². The molecule has 4 heteroatoms. The largest absolute Gasteiger partial charge is 0.494 e. The van der Waals surface area contributed by atoms with Crippen molar-refractivity contribution < 1.29 is 19.4 Å². The summed E-state index contributed by atoms with van der Waals surface area (Å²) in [6.07, 6.45) is 0.430. The van der Waals surface area contributed by atoms with Crippen molar-refractivity contribution in [3.63, 3.8) is 0 Å². The standard InChI is InChI=1S/C28H30O4/c1-4-31-25(28(29)30)17-20-11-13-21(14-12-20)32-16-15-22-23-9-5-7-18(2)26(23)27-19(3)8-6-10-24(22)27/h5-14,22,25H,4,15-17H2,1-3H3,(H,29,30). The Hall–Kier alpha value is -3.11. The van der Waals surface area contributed by atoms with Crippen molar-refractivity contribution in [1.82, 2.24) is 0 Å². The van der Waals surface area contributed by atoms with Gasteiger partial charge in [0.15, 0.2) is 6.10 Å². The van der Waals surface area contributed by atoms with Crippen molar-refractivity contribution in [3.8, 4) is 16.9 Å². The number of ether oxygens (including phenoxy) is 2. The van der Waals surface area contributed by atoms with E-state index < -0.39 is 12.1 Å². The third-order valence-electron chi connectivity index (χ3n) is 6.27. The zero-order valence-corrected chi connectivity index (χ0v) is 18.9. The zero-order chi connectivity index (χ0) is 22.7. The van der Waals surface area contributed by atoms with Gasteiger partial charge in [-0.1, -0.05) is 48.5 Å². The molecule has 4 rings (SSSR count). The highest BCUT2D eigenvalue weighted by Gasteiger charge is 2.30. The van der Waals surface area contributed by atoms with Crippen LogP contribution in [0.4, 0.5) is 0 Å². The molecule has 1 aliphatic rings. The summed E-state index contributed by atoms with van der Waals surface area (Å²) < 4.78 is 11.4. The normalized spacial score (nSPS) is 13.5. The van der Waals surface area contributed by atoms with Crippen LogP contribution in [0.2, 0.25) is 0 Å². The summed E-state index contributed by atoms with van der Waals surface area (Å²) in [6.45, 7) is 7.18. The lowest BCUT2D eigenvalue weighted by atomic mass is 9.93. The molecule has 32 heavy (non-hydrogen) atoms. The van der Waals surface area contributed by atoms with Gasteiger partial charge in [0.2, 0.25) is 0 Å². The Kier molecular flexibility index (Phi) is 6.61. The van der Waals surface area contributed by atoms with E-state index in [2.05, 4.69) is 50.2 Å². The molecule has 0 radical (unpaired) electrons. The molecule has 0 saturated heterocycles. The van der Waals surface area contributed by atoms with Gasteiger partial charge >= 0.3 is 5.97 Å². The van der Waals surface area contributed by atoms with Gasteiger partial charge in [-0.15, -0.1) is 0 Å². The quantitative estimate of drug-likeness (QED) is 0.458. The summed E-state index contributed by atoms with van der Waals surface area (Å²) in [4.78, 5) is 11.3. The zero-order valence-electron chi connectivity index (χ0n) is 18.9. The van der Waals surface area contributed by atoms with Gasteiger partial charge in [0, 0.05) is 18.9 Å². The van der Waals surface area contributed by atoms with E-state index in [1.165, 1.54) is 33.4 Å². The number of carbonyl (C=O) groups is 1. The summed E-state index contributed by atoms with van der Waals surface area (Å²) in [5.41, 5.74) is 9.12. The summed E-state index contributed by atoms with van der Waals surface area (Å²) in [5, 5.41) is 9.26. The maximum absolute atomic E-state index is 11.3. The minimum atomic E-state index is -0.935. The van der Waals surface area contributed by atoms with Crippen molar-refractivity contribution in [2.75, 3.05) is 13.2 Å². The molecule has 0 heterocycles.